The van der Waals surface area contributed by atoms with Crippen molar-refractivity contribution >= 4 is 5.91 Å². The van der Waals surface area contributed by atoms with Crippen molar-refractivity contribution in [3.8, 4) is 5.75 Å². The molecule has 0 N–H and O–H groups in total. The van der Waals surface area contributed by atoms with E-state index in [0.29, 0.717) is 24.0 Å². The van der Waals surface area contributed by atoms with Gasteiger partial charge in [-0.15, -0.1) is 0 Å². The first-order valence-electron chi connectivity index (χ1n) is 9.84. The van der Waals surface area contributed by atoms with Gasteiger partial charge in [0.1, 0.15) is 12.4 Å². The summed E-state index contributed by atoms with van der Waals surface area (Å²) in [5, 5.41) is 0. The third-order valence-corrected chi connectivity index (χ3v) is 5.26. The van der Waals surface area contributed by atoms with Gasteiger partial charge in [0.25, 0.3) is 5.91 Å². The average molecular weight is 387 g/mol. The first-order valence-corrected chi connectivity index (χ1v) is 9.84. The fourth-order valence-electron chi connectivity index (χ4n) is 3.45. The van der Waals surface area contributed by atoms with E-state index in [0.717, 1.165) is 25.2 Å². The summed E-state index contributed by atoms with van der Waals surface area (Å²) in [5.41, 5.74) is 2.95. The number of carbonyl (C=O) groups excluding carboxylic acids is 1. The van der Waals surface area contributed by atoms with Crippen LogP contribution >= 0.6 is 0 Å². The molecule has 5 heteroatoms. The zero-order chi connectivity index (χ0) is 20.1. The Hall–Kier alpha value is -3.18. The number of hydrogen-bond donors (Lipinski definition) is 0. The average Bonchev–Trinajstić information content (AvgIpc) is 2.73. The molecule has 1 saturated heterocycles. The number of ether oxygens (including phenoxy) is 1. The molecule has 148 valence electrons. The summed E-state index contributed by atoms with van der Waals surface area (Å²) < 4.78 is 5.82. The lowest BCUT2D eigenvalue weighted by molar-refractivity contribution is 0.0321. The highest BCUT2D eigenvalue weighted by atomic mass is 16.5. The van der Waals surface area contributed by atoms with Crippen molar-refractivity contribution in [2.45, 2.75) is 19.2 Å². The zero-order valence-corrected chi connectivity index (χ0v) is 16.6. The predicted octanol–water partition coefficient (Wildman–Crippen LogP) is 3.62. The molecule has 1 aromatic heterocycles. The Morgan fingerprint density at radius 1 is 1.07 bits per heavy atom. The maximum absolute atomic E-state index is 12.8. The van der Waals surface area contributed by atoms with Gasteiger partial charge in [-0.1, -0.05) is 42.5 Å². The normalized spacial score (nSPS) is 13.9. The number of rotatable bonds is 7. The smallest absolute Gasteiger partial charge is 0.254 e. The first kappa shape index (κ1) is 19.2. The number of likely N-dealkylation sites (tertiary alicyclic amines) is 1. The number of carbonyl (C=O) groups is 1. The highest BCUT2D eigenvalue weighted by Gasteiger charge is 2.33. The van der Waals surface area contributed by atoms with E-state index in [4.69, 9.17) is 4.74 Å². The van der Waals surface area contributed by atoms with Crippen molar-refractivity contribution in [2.24, 2.45) is 0 Å². The summed E-state index contributed by atoms with van der Waals surface area (Å²) in [6, 6.07) is 22.1. The van der Waals surface area contributed by atoms with E-state index >= 15 is 0 Å². The van der Waals surface area contributed by atoms with Crippen molar-refractivity contribution in [3.05, 3.63) is 95.8 Å². The Balaban J connectivity index is 1.30. The molecule has 4 rings (SSSR count). The summed E-state index contributed by atoms with van der Waals surface area (Å²) in [7, 11) is 2.12. The van der Waals surface area contributed by atoms with Gasteiger partial charge in [0.05, 0.1) is 0 Å². The molecule has 2 heterocycles. The standard InChI is InChI=1S/C24H25N3O2/c1-26(15-19-7-3-2-4-8-19)22-16-27(17-22)24(28)21-10-5-11-23(13-21)29-18-20-9-6-12-25-14-20/h2-14,22H,15-18H2,1H3. The molecule has 2 aromatic carbocycles. The molecule has 1 aliphatic rings. The molecule has 0 aliphatic carbocycles. The Kier molecular flexibility index (Phi) is 5.86. The molecule has 1 fully saturated rings. The Bertz CT molecular complexity index is 941. The van der Waals surface area contributed by atoms with Crippen LogP contribution in [0.3, 0.4) is 0 Å². The number of likely N-dealkylation sites (N-methyl/N-ethyl adjacent to an activating group) is 1. The summed E-state index contributed by atoms with van der Waals surface area (Å²) in [6.45, 7) is 2.83. The fraction of sp³-hybridized carbons (Fsp3) is 0.250. The molecule has 0 radical (unpaired) electrons. The first-order chi connectivity index (χ1) is 14.2. The lowest BCUT2D eigenvalue weighted by Crippen LogP contribution is -2.59. The summed E-state index contributed by atoms with van der Waals surface area (Å²) in [6.07, 6.45) is 3.52. The van der Waals surface area contributed by atoms with Crippen molar-refractivity contribution in [2.75, 3.05) is 20.1 Å². The van der Waals surface area contributed by atoms with Gasteiger partial charge in [-0.25, -0.2) is 0 Å². The molecule has 0 atom stereocenters. The van der Waals surface area contributed by atoms with Crippen LogP contribution in [0.5, 0.6) is 5.75 Å². The third-order valence-electron chi connectivity index (χ3n) is 5.26. The molecular weight excluding hydrogens is 362 g/mol. The molecule has 0 bridgehead atoms. The Labute approximate surface area is 171 Å². The highest BCUT2D eigenvalue weighted by Crippen LogP contribution is 2.21. The van der Waals surface area contributed by atoms with Gasteiger partial charge in [-0.2, -0.15) is 0 Å². The number of aromatic nitrogens is 1. The van der Waals surface area contributed by atoms with Gasteiger partial charge in [-0.05, 0) is 36.9 Å². The van der Waals surface area contributed by atoms with E-state index in [1.54, 1.807) is 12.4 Å². The largest absolute Gasteiger partial charge is 0.489 e. The topological polar surface area (TPSA) is 45.7 Å². The lowest BCUT2D eigenvalue weighted by atomic mass is 10.0. The molecule has 0 unspecified atom stereocenters. The predicted molar refractivity (Wildman–Crippen MR) is 113 cm³/mol. The minimum Gasteiger partial charge on any atom is -0.489 e. The quantitative estimate of drug-likeness (QED) is 0.621. The van der Waals surface area contributed by atoms with Crippen molar-refractivity contribution in [1.82, 2.24) is 14.8 Å². The Morgan fingerprint density at radius 2 is 1.86 bits per heavy atom. The molecule has 0 spiro atoms. The summed E-state index contributed by atoms with van der Waals surface area (Å²) in [4.78, 5) is 21.1. The fourth-order valence-corrected chi connectivity index (χ4v) is 3.45. The number of amides is 1. The molecular formula is C24H25N3O2. The van der Waals surface area contributed by atoms with E-state index in [1.807, 2.05) is 47.4 Å². The van der Waals surface area contributed by atoms with E-state index in [-0.39, 0.29) is 5.91 Å². The monoisotopic (exact) mass is 387 g/mol. The molecule has 5 nitrogen and oxygen atoms in total. The maximum atomic E-state index is 12.8. The van der Waals surface area contributed by atoms with Gasteiger partial charge in [0, 0.05) is 49.2 Å². The van der Waals surface area contributed by atoms with Crippen LogP contribution in [-0.2, 0) is 13.2 Å². The van der Waals surface area contributed by atoms with E-state index in [9.17, 15) is 4.79 Å². The second-order valence-corrected chi connectivity index (χ2v) is 7.44. The molecule has 29 heavy (non-hydrogen) atoms. The van der Waals surface area contributed by atoms with Crippen LogP contribution in [0.4, 0.5) is 0 Å². The molecule has 1 amide bonds. The number of pyridine rings is 1. The van der Waals surface area contributed by atoms with Crippen LogP contribution in [0, 0.1) is 0 Å². The van der Waals surface area contributed by atoms with Gasteiger partial charge in [-0.3, -0.25) is 14.7 Å². The second kappa shape index (κ2) is 8.88. The van der Waals surface area contributed by atoms with Gasteiger partial charge in [0.15, 0.2) is 0 Å². The summed E-state index contributed by atoms with van der Waals surface area (Å²) in [5.74, 6) is 0.749. The minimum absolute atomic E-state index is 0.0567. The highest BCUT2D eigenvalue weighted by molar-refractivity contribution is 5.95. The van der Waals surface area contributed by atoms with Crippen LogP contribution in [0.1, 0.15) is 21.5 Å². The van der Waals surface area contributed by atoms with E-state index < -0.39 is 0 Å². The van der Waals surface area contributed by atoms with Gasteiger partial charge < -0.3 is 9.64 Å². The number of hydrogen-bond acceptors (Lipinski definition) is 4. The number of benzene rings is 2. The Morgan fingerprint density at radius 3 is 2.62 bits per heavy atom. The van der Waals surface area contributed by atoms with Crippen LogP contribution in [0.15, 0.2) is 79.1 Å². The SMILES string of the molecule is CN(Cc1ccccc1)C1CN(C(=O)c2cccc(OCc3cccnc3)c2)C1. The van der Waals surface area contributed by atoms with Crippen LogP contribution < -0.4 is 4.74 Å². The van der Waals surface area contributed by atoms with Crippen molar-refractivity contribution in [3.63, 3.8) is 0 Å². The van der Waals surface area contributed by atoms with Crippen LogP contribution in [0.25, 0.3) is 0 Å². The van der Waals surface area contributed by atoms with Crippen molar-refractivity contribution < 1.29 is 9.53 Å². The lowest BCUT2D eigenvalue weighted by Gasteiger charge is -2.44. The van der Waals surface area contributed by atoms with Crippen LogP contribution in [-0.4, -0.2) is 46.9 Å². The van der Waals surface area contributed by atoms with Gasteiger partial charge in [0.2, 0.25) is 0 Å². The van der Waals surface area contributed by atoms with Crippen LogP contribution in [0.2, 0.25) is 0 Å². The summed E-state index contributed by atoms with van der Waals surface area (Å²) >= 11 is 0. The van der Waals surface area contributed by atoms with E-state index in [2.05, 4.69) is 41.2 Å². The third kappa shape index (κ3) is 4.81. The second-order valence-electron chi connectivity index (χ2n) is 7.44. The molecule has 1 aliphatic heterocycles. The molecule has 0 saturated carbocycles. The minimum atomic E-state index is 0.0567. The maximum Gasteiger partial charge on any atom is 0.254 e. The zero-order valence-electron chi connectivity index (χ0n) is 16.6. The van der Waals surface area contributed by atoms with E-state index in [1.165, 1.54) is 5.56 Å². The molecule has 3 aromatic rings. The van der Waals surface area contributed by atoms with Gasteiger partial charge >= 0.3 is 0 Å². The number of nitrogens with zero attached hydrogens (tertiary/aromatic N) is 3. The van der Waals surface area contributed by atoms with Crippen molar-refractivity contribution in [1.29, 1.82) is 0 Å².